The summed E-state index contributed by atoms with van der Waals surface area (Å²) >= 11 is 0. The van der Waals surface area contributed by atoms with Crippen LogP contribution in [-0.4, -0.2) is 29.3 Å². The molecule has 112 valence electrons. The molecule has 2 aliphatic rings. The van der Waals surface area contributed by atoms with Crippen molar-refractivity contribution >= 4 is 12.0 Å². The van der Waals surface area contributed by atoms with E-state index in [1.54, 1.807) is 23.2 Å². The van der Waals surface area contributed by atoms with E-state index in [1.165, 1.54) is 0 Å². The van der Waals surface area contributed by atoms with Gasteiger partial charge in [-0.05, 0) is 23.8 Å². The lowest BCUT2D eigenvalue weighted by molar-refractivity contribution is -0.126. The molecule has 0 unspecified atom stereocenters. The smallest absolute Gasteiger partial charge is 0.246 e. The Kier molecular flexibility index (Phi) is 3.07. The normalized spacial score (nSPS) is 16.1. The zero-order valence-electron chi connectivity index (χ0n) is 11.8. The standard InChI is InChI=1S/C16H14N2O4/c19-16(18-6-5-13-12(9-18)8-17-22-13)4-2-11-1-3-14-15(7-11)21-10-20-14/h1-4,7-8H,5-6,9-10H2. The Balaban J connectivity index is 1.46. The second kappa shape index (κ2) is 5.22. The van der Waals surface area contributed by atoms with Gasteiger partial charge >= 0.3 is 0 Å². The highest BCUT2D eigenvalue weighted by Crippen LogP contribution is 2.32. The minimum atomic E-state index is -0.0236. The van der Waals surface area contributed by atoms with Crippen LogP contribution in [0.25, 0.3) is 6.08 Å². The van der Waals surface area contributed by atoms with Crippen molar-refractivity contribution in [2.45, 2.75) is 13.0 Å². The Morgan fingerprint density at radius 2 is 2.18 bits per heavy atom. The maximum Gasteiger partial charge on any atom is 0.246 e. The van der Waals surface area contributed by atoms with E-state index in [0.717, 1.165) is 22.6 Å². The molecule has 0 spiro atoms. The van der Waals surface area contributed by atoms with E-state index in [2.05, 4.69) is 5.16 Å². The van der Waals surface area contributed by atoms with Gasteiger partial charge in [0.1, 0.15) is 5.76 Å². The Morgan fingerprint density at radius 1 is 1.27 bits per heavy atom. The van der Waals surface area contributed by atoms with Crippen molar-refractivity contribution in [2.75, 3.05) is 13.3 Å². The summed E-state index contributed by atoms with van der Waals surface area (Å²) < 4.78 is 15.7. The number of benzene rings is 1. The van der Waals surface area contributed by atoms with Gasteiger partial charge in [0.25, 0.3) is 0 Å². The Morgan fingerprint density at radius 3 is 3.14 bits per heavy atom. The number of aromatic nitrogens is 1. The molecule has 1 aromatic carbocycles. The highest BCUT2D eigenvalue weighted by molar-refractivity contribution is 5.92. The third kappa shape index (κ3) is 2.32. The Hall–Kier alpha value is -2.76. The molecule has 4 rings (SSSR count). The second-order valence-electron chi connectivity index (χ2n) is 5.23. The van der Waals surface area contributed by atoms with E-state index < -0.39 is 0 Å². The summed E-state index contributed by atoms with van der Waals surface area (Å²) in [7, 11) is 0. The van der Waals surface area contributed by atoms with Gasteiger partial charge in [-0.25, -0.2) is 0 Å². The topological polar surface area (TPSA) is 64.8 Å². The summed E-state index contributed by atoms with van der Waals surface area (Å²) in [6, 6.07) is 5.60. The fraction of sp³-hybridized carbons (Fsp3) is 0.250. The zero-order chi connectivity index (χ0) is 14.9. The van der Waals surface area contributed by atoms with Crippen LogP contribution in [0.5, 0.6) is 11.5 Å². The molecule has 0 bridgehead atoms. The SMILES string of the molecule is O=C(C=Cc1ccc2c(c1)OCO2)N1CCc2oncc2C1. The molecule has 2 aliphatic heterocycles. The molecule has 6 heteroatoms. The lowest BCUT2D eigenvalue weighted by Gasteiger charge is -2.24. The minimum Gasteiger partial charge on any atom is -0.454 e. The molecule has 0 N–H and O–H groups in total. The Bertz CT molecular complexity index is 750. The summed E-state index contributed by atoms with van der Waals surface area (Å²) in [6.07, 6.45) is 5.75. The molecule has 1 amide bonds. The van der Waals surface area contributed by atoms with E-state index in [-0.39, 0.29) is 12.7 Å². The molecule has 1 aromatic heterocycles. The van der Waals surface area contributed by atoms with Crippen molar-refractivity contribution in [3.8, 4) is 11.5 Å². The lowest BCUT2D eigenvalue weighted by atomic mass is 10.1. The van der Waals surface area contributed by atoms with E-state index in [0.29, 0.717) is 25.3 Å². The first kappa shape index (κ1) is 12.9. The lowest BCUT2D eigenvalue weighted by Crippen LogP contribution is -2.34. The van der Waals surface area contributed by atoms with Crippen molar-refractivity contribution < 1.29 is 18.8 Å². The first-order valence-corrected chi connectivity index (χ1v) is 7.09. The van der Waals surface area contributed by atoms with Gasteiger partial charge in [-0.1, -0.05) is 11.2 Å². The number of carbonyl (C=O) groups is 1. The maximum atomic E-state index is 12.3. The number of hydrogen-bond acceptors (Lipinski definition) is 5. The predicted octanol–water partition coefficient (Wildman–Crippen LogP) is 2.00. The number of ether oxygens (including phenoxy) is 2. The first-order valence-electron chi connectivity index (χ1n) is 7.09. The molecular weight excluding hydrogens is 284 g/mol. The fourth-order valence-corrected chi connectivity index (χ4v) is 2.62. The summed E-state index contributed by atoms with van der Waals surface area (Å²) in [4.78, 5) is 14.0. The van der Waals surface area contributed by atoms with Gasteiger partial charge in [0.05, 0.1) is 12.7 Å². The molecule has 2 aromatic rings. The zero-order valence-corrected chi connectivity index (χ0v) is 11.8. The van der Waals surface area contributed by atoms with Crippen LogP contribution in [0.2, 0.25) is 0 Å². The molecule has 0 saturated carbocycles. The predicted molar refractivity (Wildman–Crippen MR) is 77.2 cm³/mol. The van der Waals surface area contributed by atoms with Crippen LogP contribution in [-0.2, 0) is 17.8 Å². The molecule has 22 heavy (non-hydrogen) atoms. The van der Waals surface area contributed by atoms with Crippen LogP contribution >= 0.6 is 0 Å². The number of rotatable bonds is 2. The van der Waals surface area contributed by atoms with Crippen LogP contribution in [0.3, 0.4) is 0 Å². The van der Waals surface area contributed by atoms with E-state index in [4.69, 9.17) is 14.0 Å². The van der Waals surface area contributed by atoms with Crippen molar-refractivity contribution in [3.63, 3.8) is 0 Å². The van der Waals surface area contributed by atoms with Gasteiger partial charge in [0, 0.05) is 24.6 Å². The van der Waals surface area contributed by atoms with Crippen molar-refractivity contribution in [2.24, 2.45) is 0 Å². The summed E-state index contributed by atoms with van der Waals surface area (Å²) in [5.41, 5.74) is 1.89. The van der Waals surface area contributed by atoms with Crippen LogP contribution < -0.4 is 9.47 Å². The number of nitrogens with zero attached hydrogens (tertiary/aromatic N) is 2. The molecule has 3 heterocycles. The monoisotopic (exact) mass is 298 g/mol. The Labute approximate surface area is 126 Å². The van der Waals surface area contributed by atoms with Gasteiger partial charge in [0.2, 0.25) is 12.7 Å². The fourth-order valence-electron chi connectivity index (χ4n) is 2.62. The van der Waals surface area contributed by atoms with Gasteiger partial charge in [-0.2, -0.15) is 0 Å². The molecule has 0 saturated heterocycles. The first-order chi connectivity index (χ1) is 10.8. The number of carbonyl (C=O) groups excluding carboxylic acids is 1. The van der Waals surface area contributed by atoms with E-state index in [1.807, 2.05) is 18.2 Å². The average Bonchev–Trinajstić information content (AvgIpc) is 3.19. The van der Waals surface area contributed by atoms with Crippen LogP contribution in [0.1, 0.15) is 16.9 Å². The summed E-state index contributed by atoms with van der Waals surface area (Å²) in [6.45, 7) is 1.44. The van der Waals surface area contributed by atoms with E-state index in [9.17, 15) is 4.79 Å². The summed E-state index contributed by atoms with van der Waals surface area (Å²) in [5.74, 6) is 2.30. The highest BCUT2D eigenvalue weighted by atomic mass is 16.7. The minimum absolute atomic E-state index is 0.0236. The summed E-state index contributed by atoms with van der Waals surface area (Å²) in [5, 5.41) is 3.77. The largest absolute Gasteiger partial charge is 0.454 e. The third-order valence-corrected chi connectivity index (χ3v) is 3.83. The van der Waals surface area contributed by atoms with Gasteiger partial charge in [0.15, 0.2) is 11.5 Å². The van der Waals surface area contributed by atoms with Crippen molar-refractivity contribution in [1.82, 2.24) is 10.1 Å². The maximum absolute atomic E-state index is 12.3. The number of fused-ring (bicyclic) bond motifs is 2. The molecule has 0 radical (unpaired) electrons. The van der Waals surface area contributed by atoms with Crippen LogP contribution in [0.4, 0.5) is 0 Å². The van der Waals surface area contributed by atoms with Crippen LogP contribution in [0, 0.1) is 0 Å². The number of amides is 1. The van der Waals surface area contributed by atoms with Crippen molar-refractivity contribution in [3.05, 3.63) is 47.4 Å². The number of hydrogen-bond donors (Lipinski definition) is 0. The molecule has 6 nitrogen and oxygen atoms in total. The average molecular weight is 298 g/mol. The second-order valence-corrected chi connectivity index (χ2v) is 5.23. The van der Waals surface area contributed by atoms with Crippen LogP contribution in [0.15, 0.2) is 35.0 Å². The quantitative estimate of drug-likeness (QED) is 0.793. The van der Waals surface area contributed by atoms with Gasteiger partial charge in [-0.3, -0.25) is 4.79 Å². The molecule has 0 atom stereocenters. The third-order valence-electron chi connectivity index (χ3n) is 3.83. The van der Waals surface area contributed by atoms with Crippen molar-refractivity contribution in [1.29, 1.82) is 0 Å². The molecule has 0 fully saturated rings. The van der Waals surface area contributed by atoms with Gasteiger partial charge < -0.3 is 18.9 Å². The van der Waals surface area contributed by atoms with Gasteiger partial charge in [-0.15, -0.1) is 0 Å². The highest BCUT2D eigenvalue weighted by Gasteiger charge is 2.22. The molecule has 0 aliphatic carbocycles. The van der Waals surface area contributed by atoms with E-state index >= 15 is 0 Å². The molecular formula is C16H14N2O4.